The summed E-state index contributed by atoms with van der Waals surface area (Å²) >= 11 is 0. The average Bonchev–Trinajstić information content (AvgIpc) is 1.87. The van der Waals surface area contributed by atoms with Gasteiger partial charge in [-0.1, -0.05) is 20.8 Å². The quantitative estimate of drug-likeness (QED) is 0.578. The summed E-state index contributed by atoms with van der Waals surface area (Å²) < 4.78 is 5.72. The number of hydrogen-bond donors (Lipinski definition) is 1. The molecule has 0 spiro atoms. The second-order valence-electron chi connectivity index (χ2n) is 4.41. The molecule has 1 rings (SSSR count). The van der Waals surface area contributed by atoms with Crippen LogP contribution in [-0.4, -0.2) is 18.9 Å². The van der Waals surface area contributed by atoms with Crippen molar-refractivity contribution in [1.82, 2.24) is 5.32 Å². The first kappa shape index (κ1) is 9.01. The fourth-order valence-electron chi connectivity index (χ4n) is 1.21. The van der Waals surface area contributed by atoms with Gasteiger partial charge in [-0.05, 0) is 19.9 Å². The van der Waals surface area contributed by atoms with E-state index in [1.807, 2.05) is 0 Å². The highest BCUT2D eigenvalue weighted by molar-refractivity contribution is 4.87. The minimum Gasteiger partial charge on any atom is -0.360 e. The molecule has 1 unspecified atom stereocenters. The van der Waals surface area contributed by atoms with Crippen LogP contribution in [0.5, 0.6) is 0 Å². The van der Waals surface area contributed by atoms with Crippen LogP contribution in [0, 0.1) is 5.41 Å². The van der Waals surface area contributed by atoms with Crippen LogP contribution < -0.4 is 5.32 Å². The predicted molar refractivity (Wildman–Crippen MR) is 46.4 cm³/mol. The lowest BCUT2D eigenvalue weighted by atomic mass is 9.83. The fraction of sp³-hybridized carbons (Fsp3) is 1.00. The minimum atomic E-state index is -0.134. The Morgan fingerprint density at radius 2 is 2.00 bits per heavy atom. The molecule has 1 atom stereocenters. The smallest absolute Gasteiger partial charge is 0.121 e. The van der Waals surface area contributed by atoms with E-state index in [2.05, 4.69) is 33.0 Å². The van der Waals surface area contributed by atoms with Gasteiger partial charge in [0.15, 0.2) is 0 Å². The average molecular weight is 157 g/mol. The van der Waals surface area contributed by atoms with Crippen molar-refractivity contribution in [1.29, 1.82) is 0 Å². The van der Waals surface area contributed by atoms with Gasteiger partial charge in [0.1, 0.15) is 5.72 Å². The molecule has 0 saturated carbocycles. The molecule has 0 aromatic rings. The SMILES string of the molecule is CC(C)(C)C1(C)NCCCO1. The summed E-state index contributed by atoms with van der Waals surface area (Å²) in [7, 11) is 0. The summed E-state index contributed by atoms with van der Waals surface area (Å²) in [4.78, 5) is 0. The molecule has 0 aliphatic carbocycles. The zero-order chi connectivity index (χ0) is 8.54. The molecule has 0 aromatic heterocycles. The second kappa shape index (κ2) is 2.76. The molecular weight excluding hydrogens is 138 g/mol. The van der Waals surface area contributed by atoms with Gasteiger partial charge >= 0.3 is 0 Å². The summed E-state index contributed by atoms with van der Waals surface area (Å²) in [5.74, 6) is 0. The normalized spacial score (nSPS) is 33.8. The van der Waals surface area contributed by atoms with E-state index in [1.54, 1.807) is 0 Å². The van der Waals surface area contributed by atoms with Crippen LogP contribution in [0.15, 0.2) is 0 Å². The molecule has 2 heteroatoms. The molecular formula is C9H19NO. The van der Waals surface area contributed by atoms with Gasteiger partial charge in [0.05, 0.1) is 6.61 Å². The monoisotopic (exact) mass is 157 g/mol. The van der Waals surface area contributed by atoms with Gasteiger partial charge in [0, 0.05) is 5.41 Å². The molecule has 1 N–H and O–H groups in total. The minimum absolute atomic E-state index is 0.134. The third-order valence-electron chi connectivity index (χ3n) is 2.61. The number of ether oxygens (including phenoxy) is 1. The van der Waals surface area contributed by atoms with Crippen LogP contribution in [0.4, 0.5) is 0 Å². The first-order valence-corrected chi connectivity index (χ1v) is 4.35. The van der Waals surface area contributed by atoms with Gasteiger partial charge in [-0.2, -0.15) is 0 Å². The van der Waals surface area contributed by atoms with E-state index in [4.69, 9.17) is 4.74 Å². The molecule has 66 valence electrons. The summed E-state index contributed by atoms with van der Waals surface area (Å²) in [6, 6.07) is 0. The standard InChI is InChI=1S/C9H19NO/c1-8(2,3)9(4)10-6-5-7-11-9/h10H,5-7H2,1-4H3. The van der Waals surface area contributed by atoms with Gasteiger partial charge in [-0.15, -0.1) is 0 Å². The van der Waals surface area contributed by atoms with E-state index >= 15 is 0 Å². The van der Waals surface area contributed by atoms with Crippen molar-refractivity contribution in [3.63, 3.8) is 0 Å². The molecule has 1 aliphatic heterocycles. The molecule has 0 radical (unpaired) electrons. The van der Waals surface area contributed by atoms with Crippen molar-refractivity contribution in [2.24, 2.45) is 5.41 Å². The Morgan fingerprint density at radius 3 is 2.27 bits per heavy atom. The van der Waals surface area contributed by atoms with Gasteiger partial charge in [0.2, 0.25) is 0 Å². The molecule has 1 saturated heterocycles. The van der Waals surface area contributed by atoms with Crippen molar-refractivity contribution in [3.05, 3.63) is 0 Å². The third-order valence-corrected chi connectivity index (χ3v) is 2.61. The van der Waals surface area contributed by atoms with Crippen LogP contribution >= 0.6 is 0 Å². The highest BCUT2D eigenvalue weighted by Crippen LogP contribution is 2.32. The van der Waals surface area contributed by atoms with E-state index in [-0.39, 0.29) is 11.1 Å². The Bertz CT molecular complexity index is 131. The van der Waals surface area contributed by atoms with E-state index in [1.165, 1.54) is 0 Å². The molecule has 1 fully saturated rings. The highest BCUT2D eigenvalue weighted by Gasteiger charge is 2.39. The lowest BCUT2D eigenvalue weighted by Gasteiger charge is -2.45. The largest absolute Gasteiger partial charge is 0.360 e. The Morgan fingerprint density at radius 1 is 1.36 bits per heavy atom. The van der Waals surface area contributed by atoms with Gasteiger partial charge in [-0.3, -0.25) is 5.32 Å². The lowest BCUT2D eigenvalue weighted by molar-refractivity contribution is -0.146. The maximum absolute atomic E-state index is 5.72. The second-order valence-corrected chi connectivity index (χ2v) is 4.41. The topological polar surface area (TPSA) is 21.3 Å². The highest BCUT2D eigenvalue weighted by atomic mass is 16.5. The van der Waals surface area contributed by atoms with E-state index in [0.29, 0.717) is 0 Å². The molecule has 11 heavy (non-hydrogen) atoms. The third kappa shape index (κ3) is 1.74. The maximum atomic E-state index is 5.72. The summed E-state index contributed by atoms with van der Waals surface area (Å²) in [5.41, 5.74) is 0.0403. The zero-order valence-electron chi connectivity index (χ0n) is 8.03. The van der Waals surface area contributed by atoms with Crippen molar-refractivity contribution < 1.29 is 4.74 Å². The van der Waals surface area contributed by atoms with Crippen molar-refractivity contribution in [2.75, 3.05) is 13.2 Å². The van der Waals surface area contributed by atoms with Gasteiger partial charge < -0.3 is 4.74 Å². The van der Waals surface area contributed by atoms with Crippen molar-refractivity contribution >= 4 is 0 Å². The zero-order valence-corrected chi connectivity index (χ0v) is 8.03. The van der Waals surface area contributed by atoms with Crippen molar-refractivity contribution in [3.8, 4) is 0 Å². The van der Waals surface area contributed by atoms with Crippen LogP contribution in [0.3, 0.4) is 0 Å². The van der Waals surface area contributed by atoms with Crippen LogP contribution in [0.1, 0.15) is 34.1 Å². The summed E-state index contributed by atoms with van der Waals surface area (Å²) in [6.07, 6.45) is 1.13. The molecule has 1 aliphatic rings. The van der Waals surface area contributed by atoms with Crippen LogP contribution in [0.25, 0.3) is 0 Å². The Labute approximate surface area is 69.3 Å². The molecule has 1 heterocycles. The number of hydrogen-bond acceptors (Lipinski definition) is 2. The van der Waals surface area contributed by atoms with Crippen LogP contribution in [-0.2, 0) is 4.74 Å². The van der Waals surface area contributed by atoms with Gasteiger partial charge in [0.25, 0.3) is 0 Å². The first-order chi connectivity index (χ1) is 4.96. The molecule has 0 aromatic carbocycles. The maximum Gasteiger partial charge on any atom is 0.121 e. The Balaban J connectivity index is 2.64. The lowest BCUT2D eigenvalue weighted by Crippen LogP contribution is -2.57. The summed E-state index contributed by atoms with van der Waals surface area (Å²) in [5, 5.41) is 3.41. The Kier molecular flexibility index (Phi) is 2.26. The number of rotatable bonds is 0. The van der Waals surface area contributed by atoms with Crippen LogP contribution in [0.2, 0.25) is 0 Å². The van der Waals surface area contributed by atoms with E-state index < -0.39 is 0 Å². The molecule has 0 bridgehead atoms. The number of nitrogens with one attached hydrogen (secondary N) is 1. The predicted octanol–water partition coefficient (Wildman–Crippen LogP) is 1.76. The fourth-order valence-corrected chi connectivity index (χ4v) is 1.21. The van der Waals surface area contributed by atoms with E-state index in [0.717, 1.165) is 19.6 Å². The van der Waals surface area contributed by atoms with E-state index in [9.17, 15) is 0 Å². The molecule has 0 amide bonds. The summed E-state index contributed by atoms with van der Waals surface area (Å²) in [6.45, 7) is 10.7. The molecule has 2 nitrogen and oxygen atoms in total. The van der Waals surface area contributed by atoms with Gasteiger partial charge in [-0.25, -0.2) is 0 Å². The Hall–Kier alpha value is -0.0800. The first-order valence-electron chi connectivity index (χ1n) is 4.35. The van der Waals surface area contributed by atoms with Crippen molar-refractivity contribution in [2.45, 2.75) is 39.8 Å².